The van der Waals surface area contributed by atoms with E-state index >= 15 is 0 Å². The molecule has 0 bridgehead atoms. The zero-order chi connectivity index (χ0) is 40.9. The Bertz CT molecular complexity index is 1990. The standard InChI is InChI=1S/C43H55N5O8S/c1-8-11-12-13-14-16-31(46-41(52)56-42(4,5)6)39(50)48-25-28(22-34(48)37(49)47-43(24-26(43)9-2)40(51)54-10-3)55-35-23-33(38-45-30-17-15-18-36(30)57-38)44-32-21-27(53-7)19-20-29(32)35/h8-9,19-21,23,26,28,31,34H,1-2,10-18,22,24-25H2,3-7H3,(H,46,52)(H,47,49)/t26-,28-,31+,34+,43-/m1/s1. The van der Waals surface area contributed by atoms with Gasteiger partial charge in [-0.1, -0.05) is 25.0 Å². The van der Waals surface area contributed by atoms with Gasteiger partial charge in [0.05, 0.1) is 31.5 Å². The van der Waals surface area contributed by atoms with Gasteiger partial charge in [-0.05, 0) is 84.8 Å². The first-order valence-corrected chi connectivity index (χ1v) is 20.8. The normalized spacial score (nSPS) is 21.6. The molecule has 1 aliphatic heterocycles. The fourth-order valence-corrected chi connectivity index (χ4v) is 8.76. The number of carbonyl (C=O) groups is 4. The molecule has 306 valence electrons. The number of carbonyl (C=O) groups excluding carboxylic acids is 4. The van der Waals surface area contributed by atoms with Crippen molar-refractivity contribution >= 4 is 46.1 Å². The number of aryl methyl sites for hydroxylation is 2. The fraction of sp³-hybridized carbons (Fsp3) is 0.535. The molecule has 13 nitrogen and oxygen atoms in total. The number of thiazole rings is 1. The maximum Gasteiger partial charge on any atom is 0.408 e. The van der Waals surface area contributed by atoms with E-state index in [4.69, 9.17) is 28.9 Å². The highest BCUT2D eigenvalue weighted by Gasteiger charge is 2.62. The summed E-state index contributed by atoms with van der Waals surface area (Å²) in [5, 5.41) is 7.27. The molecular weight excluding hydrogens is 747 g/mol. The highest BCUT2D eigenvalue weighted by Crippen LogP contribution is 2.46. The van der Waals surface area contributed by atoms with Crippen LogP contribution in [0, 0.1) is 5.92 Å². The van der Waals surface area contributed by atoms with E-state index in [1.54, 1.807) is 52.2 Å². The summed E-state index contributed by atoms with van der Waals surface area (Å²) >= 11 is 1.63. The van der Waals surface area contributed by atoms with Crippen LogP contribution in [0.3, 0.4) is 0 Å². The molecule has 2 fully saturated rings. The Hall–Kier alpha value is -4.98. The Morgan fingerprint density at radius 1 is 1.11 bits per heavy atom. The fourth-order valence-electron chi connectivity index (χ4n) is 7.65. The quantitative estimate of drug-likeness (QED) is 0.0840. The van der Waals surface area contributed by atoms with Crippen molar-refractivity contribution in [3.63, 3.8) is 0 Å². The summed E-state index contributed by atoms with van der Waals surface area (Å²) in [6.45, 7) is 14.8. The SMILES string of the molecule is C=CCCCCC[C@H](NC(=O)OC(C)(C)C)C(=O)N1C[C@H](Oc2cc(-c3nc4c(s3)CCC4)nc3cc(OC)ccc23)C[C@H]1C(=O)N[C@]1(C(=O)OCC)C[C@H]1C=C. The van der Waals surface area contributed by atoms with Crippen LogP contribution in [0.25, 0.3) is 21.6 Å². The molecule has 2 aromatic heterocycles. The first-order chi connectivity index (χ1) is 27.3. The zero-order valence-corrected chi connectivity index (χ0v) is 34.5. The molecule has 1 saturated heterocycles. The topological polar surface area (TPSA) is 158 Å². The van der Waals surface area contributed by atoms with Crippen LogP contribution in [0.4, 0.5) is 4.79 Å². The van der Waals surface area contributed by atoms with Crippen molar-refractivity contribution in [1.29, 1.82) is 0 Å². The van der Waals surface area contributed by atoms with Crippen molar-refractivity contribution in [3.05, 3.63) is 60.1 Å². The number of ether oxygens (including phenoxy) is 4. The lowest BCUT2D eigenvalue weighted by atomic mass is 10.0. The first-order valence-electron chi connectivity index (χ1n) is 20.0. The molecule has 6 rings (SSSR count). The third-order valence-electron chi connectivity index (χ3n) is 10.6. The predicted molar refractivity (Wildman–Crippen MR) is 218 cm³/mol. The van der Waals surface area contributed by atoms with Crippen molar-refractivity contribution in [2.24, 2.45) is 5.92 Å². The molecule has 2 aliphatic carbocycles. The Morgan fingerprint density at radius 3 is 2.60 bits per heavy atom. The third kappa shape index (κ3) is 9.60. The maximum atomic E-state index is 14.7. The van der Waals surface area contributed by atoms with Gasteiger partial charge in [-0.2, -0.15) is 0 Å². The zero-order valence-electron chi connectivity index (χ0n) is 33.7. The summed E-state index contributed by atoms with van der Waals surface area (Å²) in [5.41, 5.74) is 0.346. The minimum atomic E-state index is -1.27. The number of pyridine rings is 1. The Labute approximate surface area is 338 Å². The molecule has 5 atom stereocenters. The van der Waals surface area contributed by atoms with E-state index in [1.165, 1.54) is 9.78 Å². The van der Waals surface area contributed by atoms with Gasteiger partial charge in [-0.3, -0.25) is 9.59 Å². The van der Waals surface area contributed by atoms with Crippen molar-refractivity contribution in [2.75, 3.05) is 20.3 Å². The highest BCUT2D eigenvalue weighted by molar-refractivity contribution is 7.15. The number of rotatable bonds is 17. The van der Waals surface area contributed by atoms with Crippen molar-refractivity contribution in [1.82, 2.24) is 25.5 Å². The number of alkyl carbamates (subject to hydrolysis) is 1. The van der Waals surface area contributed by atoms with Crippen molar-refractivity contribution in [2.45, 2.75) is 121 Å². The van der Waals surface area contributed by atoms with Gasteiger partial charge in [0.2, 0.25) is 11.8 Å². The average molecular weight is 802 g/mol. The summed E-state index contributed by atoms with van der Waals surface area (Å²) in [6.07, 6.45) is 9.11. The van der Waals surface area contributed by atoms with Gasteiger partial charge in [-0.15, -0.1) is 24.5 Å². The number of unbranched alkanes of at least 4 members (excludes halogenated alkanes) is 3. The number of likely N-dealkylation sites (tertiary alicyclic amines) is 1. The van der Waals surface area contributed by atoms with Crippen LogP contribution in [-0.4, -0.2) is 88.3 Å². The minimum Gasteiger partial charge on any atom is -0.497 e. The van der Waals surface area contributed by atoms with Crippen LogP contribution in [0.15, 0.2) is 49.6 Å². The number of hydrogen-bond acceptors (Lipinski definition) is 11. The van der Waals surface area contributed by atoms with E-state index in [2.05, 4.69) is 23.8 Å². The second-order valence-corrected chi connectivity index (χ2v) is 17.0. The van der Waals surface area contributed by atoms with Gasteiger partial charge < -0.3 is 34.5 Å². The van der Waals surface area contributed by atoms with Gasteiger partial charge >= 0.3 is 12.1 Å². The largest absolute Gasteiger partial charge is 0.497 e. The number of benzene rings is 1. The van der Waals surface area contributed by atoms with Crippen LogP contribution < -0.4 is 20.1 Å². The lowest BCUT2D eigenvalue weighted by Gasteiger charge is -2.30. The third-order valence-corrected chi connectivity index (χ3v) is 11.8. The van der Waals surface area contributed by atoms with Crippen LogP contribution in [0.5, 0.6) is 11.5 Å². The van der Waals surface area contributed by atoms with E-state index < -0.39 is 53.2 Å². The molecule has 2 N–H and O–H groups in total. The Kier molecular flexibility index (Phi) is 12.9. The number of esters is 1. The molecule has 1 aromatic carbocycles. The van der Waals surface area contributed by atoms with Crippen LogP contribution in [-0.2, 0) is 36.7 Å². The summed E-state index contributed by atoms with van der Waals surface area (Å²) in [7, 11) is 1.60. The maximum absolute atomic E-state index is 14.7. The van der Waals surface area contributed by atoms with Crippen molar-refractivity contribution < 1.29 is 38.1 Å². The number of amides is 3. The predicted octanol–water partition coefficient (Wildman–Crippen LogP) is 6.86. The molecule has 3 aromatic rings. The molecular formula is C43H55N5O8S. The van der Waals surface area contributed by atoms with Crippen LogP contribution >= 0.6 is 11.3 Å². The number of hydrogen-bond donors (Lipinski definition) is 2. The Balaban J connectivity index is 1.33. The van der Waals surface area contributed by atoms with Crippen molar-refractivity contribution in [3.8, 4) is 22.2 Å². The average Bonchev–Trinajstić information content (AvgIpc) is 3.47. The Morgan fingerprint density at radius 2 is 1.91 bits per heavy atom. The van der Waals surface area contributed by atoms with Crippen LogP contribution in [0.1, 0.15) is 89.6 Å². The number of nitrogens with one attached hydrogen (secondary N) is 2. The highest BCUT2D eigenvalue weighted by atomic mass is 32.1. The van der Waals surface area contributed by atoms with E-state index in [9.17, 15) is 19.2 Å². The summed E-state index contributed by atoms with van der Waals surface area (Å²) in [6, 6.07) is 5.41. The van der Waals surface area contributed by atoms with Gasteiger partial charge in [0.1, 0.15) is 51.5 Å². The molecule has 0 unspecified atom stereocenters. The number of methoxy groups -OCH3 is 1. The number of nitrogens with zero attached hydrogens (tertiary/aromatic N) is 3. The first kappa shape index (κ1) is 41.6. The lowest BCUT2D eigenvalue weighted by Crippen LogP contribution is -2.56. The molecule has 3 heterocycles. The molecule has 3 amide bonds. The van der Waals surface area contributed by atoms with E-state index in [0.29, 0.717) is 42.0 Å². The lowest BCUT2D eigenvalue weighted by molar-refractivity contribution is -0.150. The van der Waals surface area contributed by atoms with Gasteiger partial charge in [-0.25, -0.2) is 19.6 Å². The van der Waals surface area contributed by atoms with E-state index in [-0.39, 0.29) is 25.5 Å². The summed E-state index contributed by atoms with van der Waals surface area (Å²) < 4.78 is 23.2. The smallest absolute Gasteiger partial charge is 0.408 e. The van der Waals surface area contributed by atoms with E-state index in [0.717, 1.165) is 54.6 Å². The molecule has 14 heteroatoms. The molecule has 0 spiro atoms. The van der Waals surface area contributed by atoms with Gasteiger partial charge in [0.25, 0.3) is 0 Å². The second-order valence-electron chi connectivity index (χ2n) is 16.0. The molecule has 3 aliphatic rings. The number of allylic oxidation sites excluding steroid dienone is 1. The molecule has 57 heavy (non-hydrogen) atoms. The number of aromatic nitrogens is 2. The minimum absolute atomic E-state index is 0.0397. The summed E-state index contributed by atoms with van der Waals surface area (Å²) in [4.78, 5) is 68.0. The monoisotopic (exact) mass is 801 g/mol. The van der Waals surface area contributed by atoms with Crippen LogP contribution in [0.2, 0.25) is 0 Å². The van der Waals surface area contributed by atoms with Gasteiger partial charge in [0, 0.05) is 34.7 Å². The second kappa shape index (κ2) is 17.7. The molecule has 1 saturated carbocycles. The number of fused-ring (bicyclic) bond motifs is 2. The molecule has 0 radical (unpaired) electrons. The summed E-state index contributed by atoms with van der Waals surface area (Å²) in [5.74, 6) is -0.670. The van der Waals surface area contributed by atoms with E-state index in [1.807, 2.05) is 30.3 Å². The van der Waals surface area contributed by atoms with Gasteiger partial charge in [0.15, 0.2) is 0 Å².